The summed E-state index contributed by atoms with van der Waals surface area (Å²) in [7, 11) is 0. The molecule has 2 atom stereocenters. The molecule has 0 saturated carbocycles. The van der Waals surface area contributed by atoms with Gasteiger partial charge in [-0.1, -0.05) is 33.1 Å². The zero-order chi connectivity index (χ0) is 23.2. The van der Waals surface area contributed by atoms with Crippen LogP contribution in [-0.4, -0.2) is 83.9 Å². The number of aliphatic hydroxyl groups excluding tert-OH is 2. The molecule has 1 aliphatic heterocycles. The molecule has 1 aromatic carbocycles. The smallest absolute Gasteiger partial charge is 0.155 e. The van der Waals surface area contributed by atoms with Crippen molar-refractivity contribution in [3.8, 4) is 11.5 Å². The minimum atomic E-state index is -0.823. The summed E-state index contributed by atoms with van der Waals surface area (Å²) < 4.78 is 11.5. The van der Waals surface area contributed by atoms with Crippen molar-refractivity contribution in [3.63, 3.8) is 0 Å². The molecule has 1 fully saturated rings. The van der Waals surface area contributed by atoms with Crippen LogP contribution in [0.15, 0.2) is 18.2 Å². The lowest BCUT2D eigenvalue weighted by Gasteiger charge is -2.34. The van der Waals surface area contributed by atoms with Crippen molar-refractivity contribution < 1.29 is 24.8 Å². The normalized spacial score (nSPS) is 17.4. The van der Waals surface area contributed by atoms with Crippen LogP contribution in [0.25, 0.3) is 0 Å². The van der Waals surface area contributed by atoms with Crippen molar-refractivity contribution in [2.45, 2.75) is 65.3 Å². The van der Waals surface area contributed by atoms with Gasteiger partial charge in [0.25, 0.3) is 0 Å². The van der Waals surface area contributed by atoms with Crippen LogP contribution in [-0.2, 0) is 11.3 Å². The molecule has 184 valence electrons. The van der Waals surface area contributed by atoms with Crippen molar-refractivity contribution in [1.29, 1.82) is 0 Å². The van der Waals surface area contributed by atoms with Crippen molar-refractivity contribution in [1.82, 2.24) is 9.80 Å². The van der Waals surface area contributed by atoms with E-state index in [1.54, 1.807) is 12.1 Å². The van der Waals surface area contributed by atoms with E-state index in [1.807, 2.05) is 6.07 Å². The molecule has 1 aliphatic rings. The second-order valence-corrected chi connectivity index (χ2v) is 8.88. The van der Waals surface area contributed by atoms with Gasteiger partial charge in [0.1, 0.15) is 11.5 Å². The van der Waals surface area contributed by atoms with Crippen LogP contribution in [0.3, 0.4) is 0 Å². The first kappa shape index (κ1) is 26.9. The Kier molecular flexibility index (Phi) is 13.0. The van der Waals surface area contributed by atoms with Crippen molar-refractivity contribution in [2.75, 3.05) is 52.5 Å². The first-order valence-corrected chi connectivity index (χ1v) is 12.3. The molecular formula is C25H44N2O5. The van der Waals surface area contributed by atoms with E-state index in [-0.39, 0.29) is 19.0 Å². The van der Waals surface area contributed by atoms with Crippen molar-refractivity contribution in [3.05, 3.63) is 23.8 Å². The zero-order valence-electron chi connectivity index (χ0n) is 20.0. The Morgan fingerprint density at radius 3 is 2.34 bits per heavy atom. The minimum absolute atomic E-state index is 0.150. The number of rotatable bonds is 16. The lowest BCUT2D eigenvalue weighted by Crippen LogP contribution is -2.47. The number of ether oxygens (including phenoxy) is 2. The van der Waals surface area contributed by atoms with Crippen LogP contribution < -0.4 is 4.74 Å². The lowest BCUT2D eigenvalue weighted by atomic mass is 10.0. The number of hydrogen-bond acceptors (Lipinski definition) is 7. The predicted octanol–water partition coefficient (Wildman–Crippen LogP) is 3.21. The maximum absolute atomic E-state index is 10.2. The number of hydrogen-bond donors (Lipinski definition) is 3. The molecule has 0 aromatic heterocycles. The number of unbranched alkanes of at least 4 members (excludes halogenated alkanes) is 1. The molecule has 2 rings (SSSR count). The second-order valence-electron chi connectivity index (χ2n) is 8.88. The highest BCUT2D eigenvalue weighted by molar-refractivity contribution is 5.37. The quantitative estimate of drug-likeness (QED) is 0.332. The molecule has 1 aromatic rings. The summed E-state index contributed by atoms with van der Waals surface area (Å²) in [5, 5.41) is 29.3. The average Bonchev–Trinajstić information content (AvgIpc) is 2.79. The number of phenols is 1. The molecule has 0 bridgehead atoms. The molecule has 7 heteroatoms. The number of aromatic hydroxyl groups is 1. The molecule has 7 nitrogen and oxygen atoms in total. The summed E-state index contributed by atoms with van der Waals surface area (Å²) in [4.78, 5) is 4.67. The third-order valence-electron chi connectivity index (χ3n) is 6.23. The summed E-state index contributed by atoms with van der Waals surface area (Å²) in [5.74, 6) is 1.32. The van der Waals surface area contributed by atoms with E-state index in [2.05, 4.69) is 23.6 Å². The van der Waals surface area contributed by atoms with Gasteiger partial charge in [-0.25, -0.2) is 0 Å². The summed E-state index contributed by atoms with van der Waals surface area (Å²) in [6, 6.07) is 5.16. The fourth-order valence-electron chi connectivity index (χ4n) is 4.07. The fraction of sp³-hybridized carbons (Fsp3) is 0.760. The Morgan fingerprint density at radius 2 is 1.69 bits per heavy atom. The van der Waals surface area contributed by atoms with Gasteiger partial charge in [-0.3, -0.25) is 4.90 Å². The zero-order valence-corrected chi connectivity index (χ0v) is 20.0. The standard InChI is InChI=1S/C25H44N2O5/c1-3-5-7-21(4-2)19-31-24-17-22(16-23(29)18-24)20-32-25(30)8-6-9-26-10-12-27(13-11-26)14-15-28/h16-18,21,25,28-30H,3-15,19-20H2,1-2H3. The SMILES string of the molecule is CCCCC(CC)COc1cc(O)cc(COC(O)CCCN2CCN(CCO)CC2)c1. The highest BCUT2D eigenvalue weighted by atomic mass is 16.6. The molecule has 2 unspecified atom stereocenters. The Balaban J connectivity index is 1.68. The summed E-state index contributed by atoms with van der Waals surface area (Å²) in [6.07, 6.45) is 5.26. The van der Waals surface area contributed by atoms with Crippen molar-refractivity contribution >= 4 is 0 Å². The molecular weight excluding hydrogens is 408 g/mol. The Bertz CT molecular complexity index is 622. The highest BCUT2D eigenvalue weighted by Gasteiger charge is 2.16. The van der Waals surface area contributed by atoms with Gasteiger partial charge in [-0.05, 0) is 49.4 Å². The van der Waals surface area contributed by atoms with E-state index in [9.17, 15) is 10.2 Å². The van der Waals surface area contributed by atoms with Gasteiger partial charge in [0.15, 0.2) is 6.29 Å². The van der Waals surface area contributed by atoms with Crippen LogP contribution in [0.2, 0.25) is 0 Å². The number of piperazine rings is 1. The molecule has 1 heterocycles. The first-order valence-electron chi connectivity index (χ1n) is 12.3. The van der Waals surface area contributed by atoms with Crippen molar-refractivity contribution in [2.24, 2.45) is 5.92 Å². The fourth-order valence-corrected chi connectivity index (χ4v) is 4.07. The van der Waals surface area contributed by atoms with Crippen LogP contribution in [0, 0.1) is 5.92 Å². The lowest BCUT2D eigenvalue weighted by molar-refractivity contribution is -0.113. The molecule has 0 spiro atoms. The van der Waals surface area contributed by atoms with Gasteiger partial charge in [-0.2, -0.15) is 0 Å². The number of nitrogens with zero attached hydrogens (tertiary/aromatic N) is 2. The minimum Gasteiger partial charge on any atom is -0.508 e. The maximum Gasteiger partial charge on any atom is 0.155 e. The second kappa shape index (κ2) is 15.5. The summed E-state index contributed by atoms with van der Waals surface area (Å²) in [5.41, 5.74) is 0.792. The van der Waals surface area contributed by atoms with Gasteiger partial charge < -0.3 is 29.7 Å². The molecule has 32 heavy (non-hydrogen) atoms. The van der Waals surface area contributed by atoms with Crippen LogP contribution in [0.1, 0.15) is 57.9 Å². The molecule has 0 radical (unpaired) electrons. The average molecular weight is 453 g/mol. The van der Waals surface area contributed by atoms with Gasteiger partial charge >= 0.3 is 0 Å². The Hall–Kier alpha value is -1.38. The highest BCUT2D eigenvalue weighted by Crippen LogP contribution is 2.24. The van der Waals surface area contributed by atoms with E-state index in [4.69, 9.17) is 14.6 Å². The van der Waals surface area contributed by atoms with E-state index in [0.717, 1.165) is 64.1 Å². The topological polar surface area (TPSA) is 85.6 Å². The van der Waals surface area contributed by atoms with E-state index in [0.29, 0.717) is 24.7 Å². The maximum atomic E-state index is 10.2. The monoisotopic (exact) mass is 452 g/mol. The molecule has 1 saturated heterocycles. The third-order valence-corrected chi connectivity index (χ3v) is 6.23. The number of benzene rings is 1. The van der Waals surface area contributed by atoms with Gasteiger partial charge in [-0.15, -0.1) is 0 Å². The van der Waals surface area contributed by atoms with Crippen LogP contribution >= 0.6 is 0 Å². The molecule has 0 amide bonds. The Labute approximate surface area is 193 Å². The summed E-state index contributed by atoms with van der Waals surface area (Å²) in [6.45, 7) is 11.1. The van der Waals surface area contributed by atoms with Crippen LogP contribution in [0.5, 0.6) is 11.5 Å². The summed E-state index contributed by atoms with van der Waals surface area (Å²) >= 11 is 0. The Morgan fingerprint density at radius 1 is 0.969 bits per heavy atom. The molecule has 0 aliphatic carbocycles. The number of phenolic OH excluding ortho intramolecular Hbond substituents is 1. The number of aliphatic hydroxyl groups is 2. The third kappa shape index (κ3) is 10.5. The van der Waals surface area contributed by atoms with E-state index < -0.39 is 6.29 Å². The number of β-amino-alcohol motifs (C(OH)–C–C–N with tert-alkyl or cyclic N) is 1. The van der Waals surface area contributed by atoms with Gasteiger partial charge in [0.05, 0.1) is 19.8 Å². The van der Waals surface area contributed by atoms with Crippen LogP contribution in [0.4, 0.5) is 0 Å². The molecule has 3 N–H and O–H groups in total. The first-order chi connectivity index (χ1) is 15.5. The predicted molar refractivity (Wildman–Crippen MR) is 127 cm³/mol. The largest absolute Gasteiger partial charge is 0.508 e. The van der Waals surface area contributed by atoms with E-state index in [1.165, 1.54) is 12.8 Å². The van der Waals surface area contributed by atoms with E-state index >= 15 is 0 Å². The van der Waals surface area contributed by atoms with Gasteiger partial charge in [0.2, 0.25) is 0 Å². The van der Waals surface area contributed by atoms with Gasteiger partial charge in [0, 0.05) is 38.8 Å².